The molecule has 0 radical (unpaired) electrons. The van der Waals surface area contributed by atoms with Crippen LogP contribution in [0.4, 0.5) is 0 Å². The lowest BCUT2D eigenvalue weighted by molar-refractivity contribution is 0.724. The largest absolute Gasteiger partial charge is 0.0894 e. The zero-order valence-electron chi connectivity index (χ0n) is 14.4. The Morgan fingerprint density at radius 3 is 2.11 bits per heavy atom. The van der Waals surface area contributed by atoms with Gasteiger partial charge in [-0.15, -0.1) is 0 Å². The number of fused-ring (bicyclic) bond motifs is 5. The van der Waals surface area contributed by atoms with Crippen LogP contribution in [0.15, 0.2) is 101 Å². The van der Waals surface area contributed by atoms with Gasteiger partial charge in [0.15, 0.2) is 0 Å². The van der Waals surface area contributed by atoms with E-state index < -0.39 is 0 Å². The second kappa shape index (κ2) is 5.51. The molecule has 1 unspecified atom stereocenters. The van der Waals surface area contributed by atoms with Gasteiger partial charge in [-0.05, 0) is 57.6 Å². The highest BCUT2D eigenvalue weighted by atomic mass is 35.5. The molecule has 0 nitrogen and oxygen atoms in total. The molecule has 1 aliphatic heterocycles. The van der Waals surface area contributed by atoms with E-state index in [2.05, 4.69) is 78.9 Å². The predicted molar refractivity (Wildman–Crippen MR) is 113 cm³/mol. The summed E-state index contributed by atoms with van der Waals surface area (Å²) in [5.74, 6) is 0. The molecular weight excluding hydrogens is 368 g/mol. The van der Waals surface area contributed by atoms with Gasteiger partial charge in [0.25, 0.3) is 0 Å². The molecular formula is C25H15ClS. The molecule has 0 spiro atoms. The van der Waals surface area contributed by atoms with Gasteiger partial charge in [-0.3, -0.25) is 0 Å². The van der Waals surface area contributed by atoms with Crippen LogP contribution in [0.25, 0.3) is 11.1 Å². The van der Waals surface area contributed by atoms with Crippen LogP contribution in [0.1, 0.15) is 22.3 Å². The van der Waals surface area contributed by atoms with E-state index in [0.29, 0.717) is 0 Å². The fraction of sp³-hybridized carbons (Fsp3) is 0.0400. The summed E-state index contributed by atoms with van der Waals surface area (Å²) < 4.78 is 0. The zero-order valence-corrected chi connectivity index (χ0v) is 16.0. The van der Waals surface area contributed by atoms with Gasteiger partial charge in [-0.2, -0.15) is 0 Å². The van der Waals surface area contributed by atoms with E-state index in [1.807, 2.05) is 23.9 Å². The van der Waals surface area contributed by atoms with E-state index in [1.165, 1.54) is 43.2 Å². The highest BCUT2D eigenvalue weighted by molar-refractivity contribution is 7.99. The quantitative estimate of drug-likeness (QED) is 0.290. The van der Waals surface area contributed by atoms with E-state index in [9.17, 15) is 0 Å². The van der Waals surface area contributed by atoms with Gasteiger partial charge < -0.3 is 0 Å². The average Bonchev–Trinajstić information content (AvgIpc) is 3.02. The van der Waals surface area contributed by atoms with E-state index in [4.69, 9.17) is 11.6 Å². The molecule has 1 heterocycles. The third-order valence-corrected chi connectivity index (χ3v) is 7.20. The normalized spacial score (nSPS) is 18.6. The van der Waals surface area contributed by atoms with Crippen LogP contribution in [-0.4, -0.2) is 0 Å². The molecule has 0 saturated heterocycles. The number of hydrogen-bond acceptors (Lipinski definition) is 1. The second-order valence-electron chi connectivity index (χ2n) is 7.08. The minimum Gasteiger partial charge on any atom is -0.0894 e. The lowest BCUT2D eigenvalue weighted by atomic mass is 9.67. The van der Waals surface area contributed by atoms with Gasteiger partial charge in [0.05, 0.1) is 5.41 Å². The van der Waals surface area contributed by atoms with Gasteiger partial charge in [0.1, 0.15) is 0 Å². The van der Waals surface area contributed by atoms with Crippen molar-refractivity contribution in [3.8, 4) is 11.1 Å². The van der Waals surface area contributed by atoms with Crippen LogP contribution < -0.4 is 0 Å². The third kappa shape index (κ3) is 1.91. The van der Waals surface area contributed by atoms with Crippen molar-refractivity contribution in [3.63, 3.8) is 0 Å². The Balaban J connectivity index is 1.85. The Morgan fingerprint density at radius 1 is 0.593 bits per heavy atom. The lowest BCUT2D eigenvalue weighted by Gasteiger charge is -2.39. The van der Waals surface area contributed by atoms with Crippen molar-refractivity contribution in [3.05, 3.63) is 118 Å². The third-order valence-electron chi connectivity index (χ3n) is 5.81. The van der Waals surface area contributed by atoms with Crippen LogP contribution in [-0.2, 0) is 5.41 Å². The maximum absolute atomic E-state index is 6.25. The van der Waals surface area contributed by atoms with Crippen molar-refractivity contribution in [1.29, 1.82) is 0 Å². The van der Waals surface area contributed by atoms with Crippen LogP contribution in [0.2, 0.25) is 5.02 Å². The fourth-order valence-corrected chi connectivity index (χ4v) is 6.18. The number of rotatable bonds is 1. The van der Waals surface area contributed by atoms with Crippen molar-refractivity contribution < 1.29 is 0 Å². The summed E-state index contributed by atoms with van der Waals surface area (Å²) in [6.45, 7) is 0. The van der Waals surface area contributed by atoms with E-state index in [0.717, 1.165) is 5.02 Å². The summed E-state index contributed by atoms with van der Waals surface area (Å²) in [6.07, 6.45) is 0. The molecule has 27 heavy (non-hydrogen) atoms. The first kappa shape index (κ1) is 15.6. The highest BCUT2D eigenvalue weighted by Gasteiger charge is 2.50. The van der Waals surface area contributed by atoms with Gasteiger partial charge >= 0.3 is 0 Å². The number of hydrogen-bond donors (Lipinski definition) is 0. The molecule has 2 aliphatic rings. The van der Waals surface area contributed by atoms with Crippen LogP contribution in [0.5, 0.6) is 0 Å². The molecule has 0 N–H and O–H groups in total. The highest BCUT2D eigenvalue weighted by Crippen LogP contribution is 2.63. The summed E-state index contributed by atoms with van der Waals surface area (Å²) in [5.41, 5.74) is 7.82. The van der Waals surface area contributed by atoms with Gasteiger partial charge in [0.2, 0.25) is 0 Å². The van der Waals surface area contributed by atoms with Crippen molar-refractivity contribution in [2.45, 2.75) is 15.2 Å². The lowest BCUT2D eigenvalue weighted by Crippen LogP contribution is -2.31. The van der Waals surface area contributed by atoms with E-state index >= 15 is 0 Å². The molecule has 2 heteroatoms. The average molecular weight is 383 g/mol. The minimum atomic E-state index is -0.283. The molecule has 128 valence electrons. The molecule has 6 rings (SSSR count). The van der Waals surface area contributed by atoms with Crippen molar-refractivity contribution in [2.24, 2.45) is 0 Å². The van der Waals surface area contributed by atoms with Gasteiger partial charge in [-0.25, -0.2) is 0 Å². The summed E-state index contributed by atoms with van der Waals surface area (Å²) in [6, 6.07) is 32.8. The first-order valence-corrected chi connectivity index (χ1v) is 10.3. The standard InChI is InChI=1S/C25H15ClS/c26-17-14-12-16(13-15-17)25-20-8-2-1-6-18(20)19-7-5-11-23(24(19)25)27-22-10-4-3-9-21(22)25/h1-15H. The van der Waals surface area contributed by atoms with Gasteiger partial charge in [0, 0.05) is 14.8 Å². The molecule has 4 aromatic rings. The molecule has 0 aromatic heterocycles. The first-order chi connectivity index (χ1) is 13.3. The second-order valence-corrected chi connectivity index (χ2v) is 8.60. The van der Waals surface area contributed by atoms with Crippen molar-refractivity contribution in [1.82, 2.24) is 0 Å². The fourth-order valence-electron chi connectivity index (χ4n) is 4.83. The molecule has 0 saturated carbocycles. The van der Waals surface area contributed by atoms with Crippen LogP contribution in [0.3, 0.4) is 0 Å². The molecule has 1 atom stereocenters. The SMILES string of the molecule is Clc1ccc(C23c4ccccc4Sc4cccc(c42)-c2ccccc23)cc1. The summed E-state index contributed by atoms with van der Waals surface area (Å²) in [7, 11) is 0. The topological polar surface area (TPSA) is 0 Å². The molecule has 0 fully saturated rings. The van der Waals surface area contributed by atoms with Crippen molar-refractivity contribution >= 4 is 23.4 Å². The Labute approximate surface area is 167 Å². The molecule has 4 aromatic carbocycles. The Morgan fingerprint density at radius 2 is 1.26 bits per heavy atom. The summed E-state index contributed by atoms with van der Waals surface area (Å²) in [5, 5.41) is 0.772. The predicted octanol–water partition coefficient (Wildman–Crippen LogP) is 7.17. The molecule has 1 aliphatic carbocycles. The molecule has 0 amide bonds. The summed E-state index contributed by atoms with van der Waals surface area (Å²) >= 11 is 8.13. The van der Waals surface area contributed by atoms with E-state index in [1.54, 1.807) is 0 Å². The zero-order chi connectivity index (χ0) is 18.0. The number of halogens is 1. The Bertz CT molecular complexity index is 1210. The first-order valence-electron chi connectivity index (χ1n) is 9.07. The monoisotopic (exact) mass is 382 g/mol. The van der Waals surface area contributed by atoms with Gasteiger partial charge in [-0.1, -0.05) is 90.1 Å². The maximum Gasteiger partial charge on any atom is 0.0735 e. The summed E-state index contributed by atoms with van der Waals surface area (Å²) in [4.78, 5) is 2.67. The van der Waals surface area contributed by atoms with Crippen molar-refractivity contribution in [2.75, 3.05) is 0 Å². The minimum absolute atomic E-state index is 0.283. The Hall–Kier alpha value is -2.48. The van der Waals surface area contributed by atoms with E-state index in [-0.39, 0.29) is 5.41 Å². The van der Waals surface area contributed by atoms with Crippen LogP contribution in [0, 0.1) is 0 Å². The van der Waals surface area contributed by atoms with Crippen LogP contribution >= 0.6 is 23.4 Å². The Kier molecular flexibility index (Phi) is 3.18. The number of benzene rings is 4. The maximum atomic E-state index is 6.25. The molecule has 0 bridgehead atoms. The smallest absolute Gasteiger partial charge is 0.0735 e.